The molecule has 0 saturated heterocycles. The summed E-state index contributed by atoms with van der Waals surface area (Å²) in [7, 11) is 1.80. The number of rotatable bonds is 4. The summed E-state index contributed by atoms with van der Waals surface area (Å²) in [6.45, 7) is 3.98. The standard InChI is InChI=1S/C12H14N4/c1-3-4-9(7-13)12-11(15-2)6-5-10(8-14)16-12/h3-6,15H,1,7,13H2,2H3/b9-4-. The number of anilines is 1. The summed E-state index contributed by atoms with van der Waals surface area (Å²) in [6, 6.07) is 5.48. The third-order valence-electron chi connectivity index (χ3n) is 2.12. The third-order valence-corrected chi connectivity index (χ3v) is 2.12. The van der Waals surface area contributed by atoms with Gasteiger partial charge < -0.3 is 11.1 Å². The number of allylic oxidation sites excluding steroid dienone is 2. The smallest absolute Gasteiger partial charge is 0.141 e. The fourth-order valence-electron chi connectivity index (χ4n) is 1.35. The molecule has 0 atom stereocenters. The van der Waals surface area contributed by atoms with Gasteiger partial charge in [0.05, 0.1) is 11.4 Å². The fourth-order valence-corrected chi connectivity index (χ4v) is 1.35. The number of aromatic nitrogens is 1. The van der Waals surface area contributed by atoms with Crippen molar-refractivity contribution in [3.05, 3.63) is 42.3 Å². The summed E-state index contributed by atoms with van der Waals surface area (Å²) in [5, 5.41) is 11.8. The molecular weight excluding hydrogens is 200 g/mol. The van der Waals surface area contributed by atoms with Crippen LogP contribution in [0.5, 0.6) is 0 Å². The molecule has 0 aliphatic carbocycles. The van der Waals surface area contributed by atoms with E-state index in [9.17, 15) is 0 Å². The van der Waals surface area contributed by atoms with Crippen LogP contribution >= 0.6 is 0 Å². The molecule has 16 heavy (non-hydrogen) atoms. The van der Waals surface area contributed by atoms with E-state index in [0.717, 1.165) is 11.3 Å². The number of nitrogens with zero attached hydrogens (tertiary/aromatic N) is 2. The summed E-state index contributed by atoms with van der Waals surface area (Å²) in [6.07, 6.45) is 3.45. The van der Waals surface area contributed by atoms with Gasteiger partial charge in [-0.15, -0.1) is 0 Å². The van der Waals surface area contributed by atoms with Crippen molar-refractivity contribution in [2.45, 2.75) is 0 Å². The van der Waals surface area contributed by atoms with Crippen LogP contribution in [0, 0.1) is 11.3 Å². The van der Waals surface area contributed by atoms with Gasteiger partial charge >= 0.3 is 0 Å². The highest BCUT2D eigenvalue weighted by Crippen LogP contribution is 2.21. The molecule has 0 amide bonds. The van der Waals surface area contributed by atoms with E-state index in [2.05, 4.69) is 16.9 Å². The average Bonchev–Trinajstić information content (AvgIpc) is 2.35. The Bertz CT molecular complexity index is 455. The Morgan fingerprint density at radius 3 is 2.94 bits per heavy atom. The van der Waals surface area contributed by atoms with Crippen molar-refractivity contribution in [2.24, 2.45) is 5.73 Å². The number of nitrogens with one attached hydrogen (secondary N) is 1. The zero-order valence-corrected chi connectivity index (χ0v) is 9.20. The van der Waals surface area contributed by atoms with E-state index in [4.69, 9.17) is 11.0 Å². The van der Waals surface area contributed by atoms with E-state index in [1.165, 1.54) is 0 Å². The predicted octanol–water partition coefficient (Wildman–Crippen LogP) is 1.52. The van der Waals surface area contributed by atoms with Crippen LogP contribution < -0.4 is 11.1 Å². The Labute approximate surface area is 95.1 Å². The highest BCUT2D eigenvalue weighted by Gasteiger charge is 2.08. The topological polar surface area (TPSA) is 74.7 Å². The van der Waals surface area contributed by atoms with Crippen molar-refractivity contribution in [1.29, 1.82) is 5.26 Å². The lowest BCUT2D eigenvalue weighted by atomic mass is 10.1. The molecule has 1 rings (SSSR count). The van der Waals surface area contributed by atoms with Gasteiger partial charge in [0.2, 0.25) is 0 Å². The highest BCUT2D eigenvalue weighted by atomic mass is 14.9. The zero-order valence-electron chi connectivity index (χ0n) is 9.20. The molecule has 0 fully saturated rings. The Kier molecular flexibility index (Phi) is 4.25. The second kappa shape index (κ2) is 5.69. The Hall–Kier alpha value is -2.12. The van der Waals surface area contributed by atoms with Crippen LogP contribution in [0.1, 0.15) is 11.4 Å². The molecule has 1 aromatic rings. The maximum Gasteiger partial charge on any atom is 0.141 e. The molecule has 0 aromatic carbocycles. The number of pyridine rings is 1. The van der Waals surface area contributed by atoms with E-state index in [1.807, 2.05) is 12.1 Å². The van der Waals surface area contributed by atoms with E-state index < -0.39 is 0 Å². The van der Waals surface area contributed by atoms with Crippen LogP contribution in [0.4, 0.5) is 5.69 Å². The minimum atomic E-state index is 0.350. The molecule has 1 aromatic heterocycles. The number of nitriles is 1. The molecule has 1 heterocycles. The summed E-state index contributed by atoms with van der Waals surface area (Å²) in [5.41, 5.74) is 8.40. The van der Waals surface area contributed by atoms with Gasteiger partial charge in [0.15, 0.2) is 0 Å². The Morgan fingerprint density at radius 2 is 2.44 bits per heavy atom. The lowest BCUT2D eigenvalue weighted by Gasteiger charge is -2.10. The number of hydrogen-bond acceptors (Lipinski definition) is 4. The van der Waals surface area contributed by atoms with E-state index in [-0.39, 0.29) is 0 Å². The summed E-state index contributed by atoms with van der Waals surface area (Å²) in [5.74, 6) is 0. The largest absolute Gasteiger partial charge is 0.386 e. The SMILES string of the molecule is C=C/C=C(/CN)c1nc(C#N)ccc1NC. The first-order valence-corrected chi connectivity index (χ1v) is 4.87. The van der Waals surface area contributed by atoms with Gasteiger partial charge in [-0.1, -0.05) is 18.7 Å². The van der Waals surface area contributed by atoms with Crippen LogP contribution in [-0.2, 0) is 0 Å². The lowest BCUT2D eigenvalue weighted by molar-refractivity contribution is 1.17. The molecule has 0 bridgehead atoms. The van der Waals surface area contributed by atoms with E-state index >= 15 is 0 Å². The van der Waals surface area contributed by atoms with Crippen molar-refractivity contribution in [3.8, 4) is 6.07 Å². The summed E-state index contributed by atoms with van der Waals surface area (Å²) in [4.78, 5) is 4.23. The van der Waals surface area contributed by atoms with Gasteiger partial charge in [0, 0.05) is 13.6 Å². The van der Waals surface area contributed by atoms with Crippen LogP contribution in [0.3, 0.4) is 0 Å². The molecule has 4 nitrogen and oxygen atoms in total. The van der Waals surface area contributed by atoms with Gasteiger partial charge in [-0.2, -0.15) is 5.26 Å². The van der Waals surface area contributed by atoms with Gasteiger partial charge in [-0.25, -0.2) is 4.98 Å². The van der Waals surface area contributed by atoms with Gasteiger partial charge in [0.1, 0.15) is 11.8 Å². The van der Waals surface area contributed by atoms with Crippen LogP contribution in [-0.4, -0.2) is 18.6 Å². The quantitative estimate of drug-likeness (QED) is 0.745. The molecule has 0 radical (unpaired) electrons. The molecule has 0 aliphatic heterocycles. The molecule has 0 aliphatic rings. The van der Waals surface area contributed by atoms with Crippen LogP contribution in [0.2, 0.25) is 0 Å². The van der Waals surface area contributed by atoms with Crippen molar-refractivity contribution in [2.75, 3.05) is 18.9 Å². The maximum absolute atomic E-state index is 8.81. The molecule has 0 spiro atoms. The first-order valence-electron chi connectivity index (χ1n) is 4.87. The van der Waals surface area contributed by atoms with Crippen LogP contribution in [0.25, 0.3) is 5.57 Å². The first kappa shape index (κ1) is 12.0. The van der Waals surface area contributed by atoms with E-state index in [0.29, 0.717) is 17.9 Å². The second-order valence-electron chi connectivity index (χ2n) is 3.09. The zero-order chi connectivity index (χ0) is 12.0. The minimum absolute atomic E-state index is 0.350. The molecule has 4 heteroatoms. The number of hydrogen-bond donors (Lipinski definition) is 2. The average molecular weight is 214 g/mol. The monoisotopic (exact) mass is 214 g/mol. The second-order valence-corrected chi connectivity index (χ2v) is 3.09. The number of nitrogens with two attached hydrogens (primary N) is 1. The third kappa shape index (κ3) is 2.47. The Morgan fingerprint density at radius 1 is 1.69 bits per heavy atom. The van der Waals surface area contributed by atoms with E-state index in [1.54, 1.807) is 25.3 Å². The first-order chi connectivity index (χ1) is 7.76. The maximum atomic E-state index is 8.81. The normalized spacial score (nSPS) is 10.7. The van der Waals surface area contributed by atoms with Crippen LogP contribution in [0.15, 0.2) is 30.9 Å². The van der Waals surface area contributed by atoms with Crippen molar-refractivity contribution in [3.63, 3.8) is 0 Å². The summed E-state index contributed by atoms with van der Waals surface area (Å²) < 4.78 is 0. The molecule has 3 N–H and O–H groups in total. The molecule has 82 valence electrons. The fraction of sp³-hybridized carbons (Fsp3) is 0.167. The van der Waals surface area contributed by atoms with Gasteiger partial charge in [-0.05, 0) is 17.7 Å². The van der Waals surface area contributed by atoms with Gasteiger partial charge in [-0.3, -0.25) is 0 Å². The highest BCUT2D eigenvalue weighted by molar-refractivity contribution is 5.75. The Balaban J connectivity index is 3.33. The lowest BCUT2D eigenvalue weighted by Crippen LogP contribution is -2.07. The van der Waals surface area contributed by atoms with Crippen molar-refractivity contribution >= 4 is 11.3 Å². The van der Waals surface area contributed by atoms with Crippen molar-refractivity contribution < 1.29 is 0 Å². The predicted molar refractivity (Wildman–Crippen MR) is 65.7 cm³/mol. The minimum Gasteiger partial charge on any atom is -0.386 e. The molecule has 0 saturated carbocycles. The summed E-state index contributed by atoms with van der Waals surface area (Å²) >= 11 is 0. The molecular formula is C12H14N4. The molecule has 0 unspecified atom stereocenters. The van der Waals surface area contributed by atoms with Gasteiger partial charge in [0.25, 0.3) is 0 Å². The van der Waals surface area contributed by atoms with Crippen molar-refractivity contribution in [1.82, 2.24) is 4.98 Å².